The number of fused-ring (bicyclic) bond motifs is 1. The van der Waals surface area contributed by atoms with E-state index in [4.69, 9.17) is 4.74 Å². The van der Waals surface area contributed by atoms with Gasteiger partial charge in [0.1, 0.15) is 12.4 Å². The van der Waals surface area contributed by atoms with E-state index in [1.54, 1.807) is 31.2 Å². The maximum Gasteiger partial charge on any atom is 0.244 e. The standard InChI is InChI=1S/C23H26FN3O5S/c1-16-5-6-18(14-20(16)24)25-22(28)15-27-21-8-7-19(13-17(21)3-2-4-23(27)29)33(30,31)26-9-11-32-12-10-26/h5-8,13-14H,2-4,9-12,15H2,1H3,(H,25,28). The number of sulfonamides is 1. The van der Waals surface area contributed by atoms with Crippen LogP contribution in [0.25, 0.3) is 0 Å². The van der Waals surface area contributed by atoms with E-state index in [0.717, 1.165) is 0 Å². The molecule has 10 heteroatoms. The zero-order valence-corrected chi connectivity index (χ0v) is 19.2. The van der Waals surface area contributed by atoms with Crippen molar-refractivity contribution in [3.05, 3.63) is 53.3 Å². The van der Waals surface area contributed by atoms with E-state index in [1.165, 1.54) is 21.3 Å². The lowest BCUT2D eigenvalue weighted by Gasteiger charge is -2.27. The number of aryl methyl sites for hydroxylation is 2. The quantitative estimate of drug-likeness (QED) is 0.717. The smallest absolute Gasteiger partial charge is 0.244 e. The first-order valence-corrected chi connectivity index (χ1v) is 12.3. The summed E-state index contributed by atoms with van der Waals surface area (Å²) in [5, 5.41) is 2.62. The van der Waals surface area contributed by atoms with E-state index in [2.05, 4.69) is 5.32 Å². The van der Waals surface area contributed by atoms with Gasteiger partial charge in [-0.25, -0.2) is 12.8 Å². The first-order valence-electron chi connectivity index (χ1n) is 10.8. The fraction of sp³-hybridized carbons (Fsp3) is 0.391. The Bertz CT molecular complexity index is 1180. The molecule has 0 saturated carbocycles. The van der Waals surface area contributed by atoms with Crippen LogP contribution >= 0.6 is 0 Å². The number of anilines is 2. The average Bonchev–Trinajstić information content (AvgIpc) is 2.95. The van der Waals surface area contributed by atoms with Gasteiger partial charge in [-0.2, -0.15) is 4.31 Å². The SMILES string of the molecule is Cc1ccc(NC(=O)CN2C(=O)CCCc3cc(S(=O)(=O)N4CCOCC4)ccc32)cc1F. The van der Waals surface area contributed by atoms with Gasteiger partial charge in [0.05, 0.1) is 18.1 Å². The van der Waals surface area contributed by atoms with Crippen molar-refractivity contribution >= 4 is 33.2 Å². The summed E-state index contributed by atoms with van der Waals surface area (Å²) in [6.45, 7) is 2.67. The van der Waals surface area contributed by atoms with Crippen LogP contribution < -0.4 is 10.2 Å². The molecule has 4 rings (SSSR count). The Hall–Kier alpha value is -2.82. The van der Waals surface area contributed by atoms with Crippen molar-refractivity contribution in [2.45, 2.75) is 31.1 Å². The number of nitrogens with one attached hydrogen (secondary N) is 1. The van der Waals surface area contributed by atoms with Crippen molar-refractivity contribution in [3.63, 3.8) is 0 Å². The second kappa shape index (κ2) is 9.58. The number of hydrogen-bond donors (Lipinski definition) is 1. The van der Waals surface area contributed by atoms with Gasteiger partial charge in [-0.15, -0.1) is 0 Å². The number of carbonyl (C=O) groups excluding carboxylic acids is 2. The highest BCUT2D eigenvalue weighted by atomic mass is 32.2. The predicted molar refractivity (Wildman–Crippen MR) is 121 cm³/mol. The summed E-state index contributed by atoms with van der Waals surface area (Å²) in [5.41, 5.74) is 1.98. The minimum absolute atomic E-state index is 0.164. The topological polar surface area (TPSA) is 96.0 Å². The van der Waals surface area contributed by atoms with Crippen LogP contribution in [0.3, 0.4) is 0 Å². The number of amides is 2. The molecule has 0 unspecified atom stereocenters. The maximum absolute atomic E-state index is 13.8. The van der Waals surface area contributed by atoms with Gasteiger partial charge in [-0.1, -0.05) is 6.07 Å². The molecule has 2 aliphatic rings. The summed E-state index contributed by atoms with van der Waals surface area (Å²) in [7, 11) is -3.67. The number of ether oxygens (including phenoxy) is 1. The normalized spacial score (nSPS) is 17.4. The summed E-state index contributed by atoms with van der Waals surface area (Å²) in [6.07, 6.45) is 1.32. The van der Waals surface area contributed by atoms with Crippen LogP contribution in [0.15, 0.2) is 41.3 Å². The number of benzene rings is 2. The molecule has 0 atom stereocenters. The number of halogens is 1. The molecule has 2 heterocycles. The number of nitrogens with zero attached hydrogens (tertiary/aromatic N) is 2. The Labute approximate surface area is 192 Å². The Kier molecular flexibility index (Phi) is 6.78. The molecule has 0 aromatic heterocycles. The van der Waals surface area contributed by atoms with Crippen molar-refractivity contribution in [2.75, 3.05) is 43.1 Å². The minimum atomic E-state index is -3.67. The van der Waals surface area contributed by atoms with E-state index in [-0.39, 0.29) is 23.8 Å². The van der Waals surface area contributed by atoms with E-state index in [9.17, 15) is 22.4 Å². The number of morpholine rings is 1. The van der Waals surface area contributed by atoms with Gasteiger partial charge < -0.3 is 15.0 Å². The Morgan fingerprint density at radius 1 is 1.12 bits per heavy atom. The van der Waals surface area contributed by atoms with Gasteiger partial charge in [0.25, 0.3) is 0 Å². The van der Waals surface area contributed by atoms with Gasteiger partial charge in [0.2, 0.25) is 21.8 Å². The molecule has 2 amide bonds. The van der Waals surface area contributed by atoms with Gasteiger partial charge in [-0.05, 0) is 61.2 Å². The lowest BCUT2D eigenvalue weighted by atomic mass is 10.1. The van der Waals surface area contributed by atoms with Crippen LogP contribution in [0.2, 0.25) is 0 Å². The third-order valence-electron chi connectivity index (χ3n) is 5.84. The van der Waals surface area contributed by atoms with Crippen molar-refractivity contribution in [2.24, 2.45) is 0 Å². The van der Waals surface area contributed by atoms with Crippen molar-refractivity contribution in [1.29, 1.82) is 0 Å². The maximum atomic E-state index is 13.8. The van der Waals surface area contributed by atoms with E-state index >= 15 is 0 Å². The second-order valence-electron chi connectivity index (χ2n) is 8.15. The van der Waals surface area contributed by atoms with Crippen LogP contribution in [0, 0.1) is 12.7 Å². The molecular weight excluding hydrogens is 449 g/mol. The third-order valence-corrected chi connectivity index (χ3v) is 7.74. The molecular formula is C23H26FN3O5S. The summed E-state index contributed by atoms with van der Waals surface area (Å²) < 4.78 is 46.5. The van der Waals surface area contributed by atoms with Crippen LogP contribution in [-0.4, -0.2) is 57.4 Å². The summed E-state index contributed by atoms with van der Waals surface area (Å²) in [4.78, 5) is 26.9. The fourth-order valence-electron chi connectivity index (χ4n) is 4.01. The number of rotatable bonds is 5. The molecule has 8 nitrogen and oxygen atoms in total. The number of carbonyl (C=O) groups is 2. The molecule has 2 aliphatic heterocycles. The van der Waals surface area contributed by atoms with Gasteiger partial charge in [0.15, 0.2) is 0 Å². The molecule has 33 heavy (non-hydrogen) atoms. The minimum Gasteiger partial charge on any atom is -0.379 e. The molecule has 1 saturated heterocycles. The van der Waals surface area contributed by atoms with Gasteiger partial charge >= 0.3 is 0 Å². The summed E-state index contributed by atoms with van der Waals surface area (Å²) in [5.74, 6) is -1.12. The molecule has 176 valence electrons. The van der Waals surface area contributed by atoms with Gasteiger partial charge in [0, 0.05) is 30.9 Å². The molecule has 2 aromatic rings. The Morgan fingerprint density at radius 2 is 1.88 bits per heavy atom. The summed E-state index contributed by atoms with van der Waals surface area (Å²) in [6, 6.07) is 9.05. The zero-order chi connectivity index (χ0) is 23.6. The fourth-order valence-corrected chi connectivity index (χ4v) is 5.47. The first kappa shape index (κ1) is 23.3. The average molecular weight is 476 g/mol. The predicted octanol–water partition coefficient (Wildman–Crippen LogP) is 2.46. The van der Waals surface area contributed by atoms with Crippen LogP contribution in [0.5, 0.6) is 0 Å². The van der Waals surface area contributed by atoms with E-state index in [0.29, 0.717) is 61.6 Å². The summed E-state index contributed by atoms with van der Waals surface area (Å²) >= 11 is 0. The highest BCUT2D eigenvalue weighted by Crippen LogP contribution is 2.30. The first-order chi connectivity index (χ1) is 15.8. The molecule has 1 fully saturated rings. The largest absolute Gasteiger partial charge is 0.379 e. The zero-order valence-electron chi connectivity index (χ0n) is 18.3. The second-order valence-corrected chi connectivity index (χ2v) is 10.1. The third kappa shape index (κ3) is 5.07. The monoisotopic (exact) mass is 475 g/mol. The Morgan fingerprint density at radius 3 is 2.61 bits per heavy atom. The number of hydrogen-bond acceptors (Lipinski definition) is 5. The van der Waals surface area contributed by atoms with Crippen LogP contribution in [-0.2, 0) is 30.8 Å². The van der Waals surface area contributed by atoms with Crippen LogP contribution in [0.4, 0.5) is 15.8 Å². The molecule has 2 aromatic carbocycles. The molecule has 1 N–H and O–H groups in total. The van der Waals surface area contributed by atoms with Crippen LogP contribution in [0.1, 0.15) is 24.0 Å². The Balaban J connectivity index is 1.57. The van der Waals surface area contributed by atoms with Crippen molar-refractivity contribution in [1.82, 2.24) is 4.31 Å². The van der Waals surface area contributed by atoms with E-state index < -0.39 is 21.7 Å². The van der Waals surface area contributed by atoms with E-state index in [1.807, 2.05) is 0 Å². The molecule has 0 radical (unpaired) electrons. The van der Waals surface area contributed by atoms with Crippen molar-refractivity contribution < 1.29 is 27.1 Å². The van der Waals surface area contributed by atoms with Gasteiger partial charge in [-0.3, -0.25) is 9.59 Å². The molecule has 0 aliphatic carbocycles. The van der Waals surface area contributed by atoms with Crippen molar-refractivity contribution in [3.8, 4) is 0 Å². The lowest BCUT2D eigenvalue weighted by Crippen LogP contribution is -2.40. The molecule has 0 spiro atoms. The highest BCUT2D eigenvalue weighted by molar-refractivity contribution is 7.89. The highest BCUT2D eigenvalue weighted by Gasteiger charge is 2.29. The molecule has 0 bridgehead atoms. The lowest BCUT2D eigenvalue weighted by molar-refractivity contribution is -0.121.